The van der Waals surface area contributed by atoms with Gasteiger partial charge in [0.25, 0.3) is 0 Å². The van der Waals surface area contributed by atoms with Gasteiger partial charge in [-0.2, -0.15) is 0 Å². The molecular formula is C47H74N2O2. The minimum atomic E-state index is -0.345. The van der Waals surface area contributed by atoms with E-state index in [2.05, 4.69) is 90.3 Å². The number of unbranched alkanes of at least 4 members (excludes halogenated alkanes) is 7. The average Bonchev–Trinajstić information content (AvgIpc) is 3.15. The van der Waals surface area contributed by atoms with Crippen LogP contribution in [0.3, 0.4) is 0 Å². The fourth-order valence-corrected chi connectivity index (χ4v) is 5.67. The van der Waals surface area contributed by atoms with Crippen LogP contribution in [-0.2, 0) is 11.3 Å². The summed E-state index contributed by atoms with van der Waals surface area (Å²) in [4.78, 5) is 28.8. The number of allylic oxidation sites excluding steroid dienone is 1. The minimum Gasteiger partial charge on any atom is -0.372 e. The molecule has 0 aromatic heterocycles. The normalized spacial score (nSPS) is 10.8. The quantitative estimate of drug-likeness (QED) is 0.0669. The number of rotatable bonds is 20. The molecule has 284 valence electrons. The number of aldehydes is 1. The van der Waals surface area contributed by atoms with E-state index in [0.29, 0.717) is 12.1 Å². The lowest BCUT2D eigenvalue weighted by Crippen LogP contribution is -2.29. The molecule has 0 aliphatic heterocycles. The van der Waals surface area contributed by atoms with E-state index in [9.17, 15) is 9.59 Å². The van der Waals surface area contributed by atoms with E-state index >= 15 is 0 Å². The maximum absolute atomic E-state index is 12.4. The molecule has 3 rings (SSSR count). The molecular weight excluding hydrogens is 625 g/mol. The third-order valence-corrected chi connectivity index (χ3v) is 8.66. The van der Waals surface area contributed by atoms with Crippen molar-refractivity contribution in [1.82, 2.24) is 4.90 Å². The van der Waals surface area contributed by atoms with Gasteiger partial charge in [-0.3, -0.25) is 14.5 Å². The highest BCUT2D eigenvalue weighted by Crippen LogP contribution is 2.28. The zero-order valence-electron chi connectivity index (χ0n) is 34.2. The van der Waals surface area contributed by atoms with Crippen molar-refractivity contribution >= 4 is 17.8 Å². The van der Waals surface area contributed by atoms with Gasteiger partial charge in [0, 0.05) is 30.9 Å². The van der Waals surface area contributed by atoms with Crippen molar-refractivity contribution in [1.29, 1.82) is 0 Å². The molecule has 0 fully saturated rings. The Morgan fingerprint density at radius 1 is 0.686 bits per heavy atom. The monoisotopic (exact) mass is 699 g/mol. The molecule has 0 radical (unpaired) electrons. The van der Waals surface area contributed by atoms with Gasteiger partial charge in [0.2, 0.25) is 0 Å². The average molecular weight is 699 g/mol. The molecule has 4 heteroatoms. The number of ketones is 1. The Labute approximate surface area is 314 Å². The van der Waals surface area contributed by atoms with Crippen molar-refractivity contribution in [2.24, 2.45) is 0 Å². The molecule has 1 unspecified atom stereocenters. The van der Waals surface area contributed by atoms with Gasteiger partial charge in [-0.1, -0.05) is 161 Å². The van der Waals surface area contributed by atoms with Gasteiger partial charge in [0.15, 0.2) is 5.78 Å². The van der Waals surface area contributed by atoms with Crippen molar-refractivity contribution < 1.29 is 9.59 Å². The minimum absolute atomic E-state index is 0.0817. The van der Waals surface area contributed by atoms with E-state index in [1.54, 1.807) is 6.92 Å². The van der Waals surface area contributed by atoms with E-state index in [1.807, 2.05) is 60.5 Å². The molecule has 0 saturated heterocycles. The summed E-state index contributed by atoms with van der Waals surface area (Å²) in [6.45, 7) is 23.3. The first kappa shape index (κ1) is 47.5. The van der Waals surface area contributed by atoms with Crippen molar-refractivity contribution in [3.05, 3.63) is 102 Å². The molecule has 3 aromatic rings. The van der Waals surface area contributed by atoms with Crippen LogP contribution in [0.15, 0.2) is 85.5 Å². The first-order valence-corrected chi connectivity index (χ1v) is 20.0. The lowest BCUT2D eigenvalue weighted by atomic mass is 9.97. The van der Waals surface area contributed by atoms with Crippen LogP contribution in [0.1, 0.15) is 160 Å². The van der Waals surface area contributed by atoms with Crippen LogP contribution in [-0.4, -0.2) is 37.1 Å². The summed E-state index contributed by atoms with van der Waals surface area (Å²) in [6, 6.07) is 24.0. The van der Waals surface area contributed by atoms with Crippen LogP contribution in [0, 0.1) is 0 Å². The Morgan fingerprint density at radius 2 is 1.25 bits per heavy atom. The molecule has 51 heavy (non-hydrogen) atoms. The number of nitrogens with zero attached hydrogens (tertiary/aromatic N) is 2. The SMILES string of the molecule is C=CCCCCCC.CCCC.CCCCC.CCCN(CCC)c1ccc(-c2ccc(CN(C)C(C(C)=O)c3ccccc3)c(C=O)c2)cc1. The van der Waals surface area contributed by atoms with E-state index in [-0.39, 0.29) is 11.8 Å². The van der Waals surface area contributed by atoms with Crippen LogP contribution in [0.2, 0.25) is 0 Å². The highest BCUT2D eigenvalue weighted by Gasteiger charge is 2.22. The third kappa shape index (κ3) is 20.2. The molecule has 1 atom stereocenters. The van der Waals surface area contributed by atoms with Gasteiger partial charge >= 0.3 is 0 Å². The zero-order chi connectivity index (χ0) is 38.3. The van der Waals surface area contributed by atoms with E-state index in [0.717, 1.165) is 54.5 Å². The Kier molecular flexibility index (Phi) is 29.1. The second kappa shape index (κ2) is 31.3. The molecule has 0 saturated carbocycles. The Balaban J connectivity index is 0.00000122. The summed E-state index contributed by atoms with van der Waals surface area (Å²) in [7, 11) is 1.93. The standard InChI is InChI=1S/C30H36N2O2.C8H16.C5H12.C4H10/c1-5-18-32(19-6-2)29-16-14-24(15-17-29)26-12-13-27(28(20-26)22-33)21-31(4)30(23(3)34)25-10-8-7-9-11-25;1-3-5-7-8-6-4-2;1-3-5-4-2;1-3-4-2/h7-17,20,22,30H,5-6,18-19,21H2,1-4H3;3H,1,4-8H2,2H3;3-5H2,1-2H3;3-4H2,1-2H3. The molecule has 0 bridgehead atoms. The van der Waals surface area contributed by atoms with Crippen LogP contribution in [0.4, 0.5) is 5.69 Å². The number of likely N-dealkylation sites (N-methyl/N-ethyl adjacent to an activating group) is 1. The van der Waals surface area contributed by atoms with Crippen LogP contribution >= 0.6 is 0 Å². The highest BCUT2D eigenvalue weighted by molar-refractivity contribution is 5.83. The van der Waals surface area contributed by atoms with Crippen LogP contribution in [0.5, 0.6) is 0 Å². The molecule has 3 aromatic carbocycles. The number of anilines is 1. The third-order valence-electron chi connectivity index (χ3n) is 8.66. The maximum atomic E-state index is 12.4. The van der Waals surface area contributed by atoms with Crippen LogP contribution < -0.4 is 4.90 Å². The number of Topliss-reactive ketones (excluding diaryl/α,β-unsaturated/α-hetero) is 1. The molecule has 0 N–H and O–H groups in total. The van der Waals surface area contributed by atoms with Crippen molar-refractivity contribution in [2.45, 2.75) is 145 Å². The lowest BCUT2D eigenvalue weighted by Gasteiger charge is -2.27. The molecule has 0 spiro atoms. The summed E-state index contributed by atoms with van der Waals surface area (Å²) in [5, 5.41) is 0. The molecule has 0 aliphatic carbocycles. The van der Waals surface area contributed by atoms with Gasteiger partial charge in [-0.25, -0.2) is 0 Å². The number of benzene rings is 3. The molecule has 0 heterocycles. The summed E-state index contributed by atoms with van der Waals surface area (Å²) < 4.78 is 0. The number of carbonyl (C=O) groups is 2. The van der Waals surface area contributed by atoms with E-state index in [1.165, 1.54) is 69.9 Å². The highest BCUT2D eigenvalue weighted by atomic mass is 16.1. The largest absolute Gasteiger partial charge is 0.372 e. The van der Waals surface area contributed by atoms with Gasteiger partial charge in [-0.15, -0.1) is 6.58 Å². The second-order valence-corrected chi connectivity index (χ2v) is 13.4. The Hall–Kier alpha value is -3.50. The van der Waals surface area contributed by atoms with Crippen LogP contribution in [0.25, 0.3) is 11.1 Å². The second-order valence-electron chi connectivity index (χ2n) is 13.4. The number of carbonyl (C=O) groups excluding carboxylic acids is 2. The van der Waals surface area contributed by atoms with Crippen molar-refractivity contribution in [3.8, 4) is 11.1 Å². The summed E-state index contributed by atoms with van der Waals surface area (Å²) >= 11 is 0. The molecule has 4 nitrogen and oxygen atoms in total. The number of hydrogen-bond acceptors (Lipinski definition) is 4. The van der Waals surface area contributed by atoms with Crippen molar-refractivity contribution in [2.75, 3.05) is 25.0 Å². The fourth-order valence-electron chi connectivity index (χ4n) is 5.67. The first-order chi connectivity index (χ1) is 24.7. The van der Waals surface area contributed by atoms with Crippen molar-refractivity contribution in [3.63, 3.8) is 0 Å². The molecule has 0 amide bonds. The van der Waals surface area contributed by atoms with E-state index < -0.39 is 0 Å². The first-order valence-electron chi connectivity index (χ1n) is 20.0. The Morgan fingerprint density at radius 3 is 1.71 bits per heavy atom. The van der Waals surface area contributed by atoms with Gasteiger partial charge in [-0.05, 0) is 80.1 Å². The van der Waals surface area contributed by atoms with Gasteiger partial charge in [0.05, 0.1) is 6.04 Å². The topological polar surface area (TPSA) is 40.6 Å². The predicted molar refractivity (Wildman–Crippen MR) is 226 cm³/mol. The van der Waals surface area contributed by atoms with Gasteiger partial charge in [0.1, 0.15) is 6.29 Å². The summed E-state index contributed by atoms with van der Waals surface area (Å²) in [5.41, 5.74) is 5.87. The maximum Gasteiger partial charge on any atom is 0.151 e. The summed E-state index contributed by atoms with van der Waals surface area (Å²) in [5.74, 6) is 0.0817. The predicted octanol–water partition coefficient (Wildman–Crippen LogP) is 13.7. The fraction of sp³-hybridized carbons (Fsp3) is 0.532. The van der Waals surface area contributed by atoms with Gasteiger partial charge < -0.3 is 4.90 Å². The lowest BCUT2D eigenvalue weighted by molar-refractivity contribution is -0.122. The smallest absolute Gasteiger partial charge is 0.151 e. The van der Waals surface area contributed by atoms with E-state index in [4.69, 9.17) is 0 Å². The summed E-state index contributed by atoms with van der Waals surface area (Å²) in [6.07, 6.45) is 18.5. The molecule has 0 aliphatic rings. The zero-order valence-corrected chi connectivity index (χ0v) is 34.2. The number of hydrogen-bond donors (Lipinski definition) is 0. The Bertz CT molecular complexity index is 1280.